The van der Waals surface area contributed by atoms with Crippen molar-refractivity contribution in [2.24, 2.45) is 0 Å². The number of fused-ring (bicyclic) bond motifs is 2. The maximum atomic E-state index is 10.9. The number of aromatic hydroxyl groups is 1. The zero-order valence-electron chi connectivity index (χ0n) is 16.3. The third-order valence-corrected chi connectivity index (χ3v) is 5.68. The molecule has 2 aliphatic rings. The minimum Gasteiger partial charge on any atom is -0.504 e. The molecule has 1 unspecified atom stereocenters. The lowest BCUT2D eigenvalue weighted by molar-refractivity contribution is 0.171. The van der Waals surface area contributed by atoms with Crippen molar-refractivity contribution >= 4 is 0 Å². The van der Waals surface area contributed by atoms with Gasteiger partial charge in [0, 0.05) is 23.7 Å². The Morgan fingerprint density at radius 2 is 2.04 bits per heavy atom. The maximum Gasteiger partial charge on any atom is 0.231 e. The molecule has 0 amide bonds. The fraction of sp³-hybridized carbons (Fsp3) is 0.429. The van der Waals surface area contributed by atoms with E-state index in [1.807, 2.05) is 25.2 Å². The first-order valence-electron chi connectivity index (χ1n) is 9.27. The molecule has 2 aromatic carbocycles. The standard InChI is InChI=1S/C21H25NO6/c1-22-7-6-13-9-17-21(28-11-27-17)19(24)18(13)15(22)8-12-4-5-16(25-2)20(26-3)14(12)10-23/h4-5,9,15,23-24H,6-8,10-11H2,1-3H3. The second-order valence-electron chi connectivity index (χ2n) is 7.08. The zero-order chi connectivity index (χ0) is 19.8. The number of benzene rings is 2. The van der Waals surface area contributed by atoms with Gasteiger partial charge in [0.25, 0.3) is 0 Å². The number of phenolic OH excluding ortho intramolecular Hbond substituents is 1. The first kappa shape index (κ1) is 18.7. The van der Waals surface area contributed by atoms with Gasteiger partial charge in [0.1, 0.15) is 0 Å². The molecule has 4 rings (SSSR count). The molecule has 0 bridgehead atoms. The Hall–Kier alpha value is -2.64. The Labute approximate surface area is 164 Å². The number of nitrogens with zero attached hydrogens (tertiary/aromatic N) is 1. The lowest BCUT2D eigenvalue weighted by Gasteiger charge is -2.36. The summed E-state index contributed by atoms with van der Waals surface area (Å²) in [4.78, 5) is 2.21. The molecule has 0 fully saturated rings. The molecule has 2 N–H and O–H groups in total. The van der Waals surface area contributed by atoms with E-state index in [2.05, 4.69) is 4.90 Å². The van der Waals surface area contributed by atoms with Crippen LogP contribution < -0.4 is 18.9 Å². The average Bonchev–Trinajstić information content (AvgIpc) is 3.18. The summed E-state index contributed by atoms with van der Waals surface area (Å²) in [5.41, 5.74) is 3.57. The molecular formula is C21H25NO6. The highest BCUT2D eigenvalue weighted by molar-refractivity contribution is 5.61. The van der Waals surface area contributed by atoms with E-state index in [1.165, 1.54) is 0 Å². The lowest BCUT2D eigenvalue weighted by Crippen LogP contribution is -2.33. The number of likely N-dealkylation sites (N-methyl/N-ethyl adjacent to an activating group) is 1. The summed E-state index contributed by atoms with van der Waals surface area (Å²) in [6.07, 6.45) is 1.43. The second kappa shape index (κ2) is 7.41. The van der Waals surface area contributed by atoms with Crippen molar-refractivity contribution in [1.29, 1.82) is 0 Å². The highest BCUT2D eigenvalue weighted by Crippen LogP contribution is 2.49. The molecule has 0 saturated carbocycles. The number of ether oxygens (including phenoxy) is 4. The smallest absolute Gasteiger partial charge is 0.231 e. The molecule has 0 aromatic heterocycles. The molecular weight excluding hydrogens is 362 g/mol. The van der Waals surface area contributed by atoms with Crippen molar-refractivity contribution in [2.75, 3.05) is 34.6 Å². The summed E-state index contributed by atoms with van der Waals surface area (Å²) in [7, 11) is 5.18. The second-order valence-corrected chi connectivity index (χ2v) is 7.08. The number of hydrogen-bond acceptors (Lipinski definition) is 7. The number of hydrogen-bond donors (Lipinski definition) is 2. The fourth-order valence-corrected chi connectivity index (χ4v) is 4.21. The first-order chi connectivity index (χ1) is 13.6. The summed E-state index contributed by atoms with van der Waals surface area (Å²) < 4.78 is 21.8. The van der Waals surface area contributed by atoms with Crippen LogP contribution in [-0.4, -0.2) is 49.7 Å². The van der Waals surface area contributed by atoms with Crippen molar-refractivity contribution in [3.8, 4) is 28.7 Å². The molecule has 0 saturated heterocycles. The van der Waals surface area contributed by atoms with E-state index in [9.17, 15) is 10.2 Å². The molecule has 0 radical (unpaired) electrons. The topological polar surface area (TPSA) is 80.6 Å². The number of aliphatic hydroxyl groups excluding tert-OH is 1. The number of phenols is 1. The number of rotatable bonds is 5. The minimum atomic E-state index is -0.161. The monoisotopic (exact) mass is 387 g/mol. The van der Waals surface area contributed by atoms with E-state index in [1.54, 1.807) is 14.2 Å². The molecule has 2 heterocycles. The molecule has 150 valence electrons. The van der Waals surface area contributed by atoms with Gasteiger partial charge in [-0.25, -0.2) is 0 Å². The molecule has 0 aliphatic carbocycles. The molecule has 7 nitrogen and oxygen atoms in total. The van der Waals surface area contributed by atoms with Gasteiger partial charge in [0.05, 0.1) is 20.8 Å². The summed E-state index contributed by atoms with van der Waals surface area (Å²) in [6.45, 7) is 0.821. The van der Waals surface area contributed by atoms with E-state index < -0.39 is 0 Å². The van der Waals surface area contributed by atoms with Crippen LogP contribution in [0.4, 0.5) is 0 Å². The van der Waals surface area contributed by atoms with Gasteiger partial charge in [-0.3, -0.25) is 4.90 Å². The van der Waals surface area contributed by atoms with Crippen LogP contribution in [0.15, 0.2) is 18.2 Å². The van der Waals surface area contributed by atoms with Gasteiger partial charge >= 0.3 is 0 Å². The fourth-order valence-electron chi connectivity index (χ4n) is 4.21. The average molecular weight is 387 g/mol. The molecule has 7 heteroatoms. The van der Waals surface area contributed by atoms with Crippen LogP contribution >= 0.6 is 0 Å². The van der Waals surface area contributed by atoms with E-state index in [0.29, 0.717) is 35.0 Å². The Morgan fingerprint density at radius 3 is 2.75 bits per heavy atom. The van der Waals surface area contributed by atoms with Crippen LogP contribution in [0, 0.1) is 0 Å². The zero-order valence-corrected chi connectivity index (χ0v) is 16.3. The van der Waals surface area contributed by atoms with Crippen LogP contribution in [0.2, 0.25) is 0 Å². The predicted molar refractivity (Wildman–Crippen MR) is 102 cm³/mol. The molecule has 2 aliphatic heterocycles. The highest BCUT2D eigenvalue weighted by atomic mass is 16.7. The molecule has 2 aromatic rings. The van der Waals surface area contributed by atoms with Gasteiger partial charge in [0.15, 0.2) is 23.0 Å². The maximum absolute atomic E-state index is 10.9. The van der Waals surface area contributed by atoms with Gasteiger partial charge in [-0.1, -0.05) is 6.07 Å². The van der Waals surface area contributed by atoms with Crippen molar-refractivity contribution in [3.05, 3.63) is 40.5 Å². The highest BCUT2D eigenvalue weighted by Gasteiger charge is 2.34. The number of aliphatic hydroxyl groups is 1. The van der Waals surface area contributed by atoms with Crippen LogP contribution in [-0.2, 0) is 19.4 Å². The van der Waals surface area contributed by atoms with Crippen LogP contribution in [0.1, 0.15) is 28.3 Å². The number of methoxy groups -OCH3 is 2. The Kier molecular flexibility index (Phi) is 4.95. The largest absolute Gasteiger partial charge is 0.504 e. The first-order valence-corrected chi connectivity index (χ1v) is 9.27. The van der Waals surface area contributed by atoms with Gasteiger partial charge in [-0.15, -0.1) is 0 Å². The van der Waals surface area contributed by atoms with Crippen molar-refractivity contribution in [1.82, 2.24) is 4.90 Å². The van der Waals surface area contributed by atoms with Gasteiger partial charge in [-0.05, 0) is 43.1 Å². The van der Waals surface area contributed by atoms with Crippen molar-refractivity contribution < 1.29 is 29.2 Å². The summed E-state index contributed by atoms with van der Waals surface area (Å²) in [5.74, 6) is 2.28. The van der Waals surface area contributed by atoms with Crippen LogP contribution in [0.3, 0.4) is 0 Å². The Balaban J connectivity index is 1.78. The van der Waals surface area contributed by atoms with Crippen LogP contribution in [0.25, 0.3) is 0 Å². The van der Waals surface area contributed by atoms with Crippen molar-refractivity contribution in [2.45, 2.75) is 25.5 Å². The summed E-state index contributed by atoms with van der Waals surface area (Å²) in [6, 6.07) is 5.69. The third-order valence-electron chi connectivity index (χ3n) is 5.68. The van der Waals surface area contributed by atoms with Gasteiger partial charge in [0.2, 0.25) is 12.5 Å². The van der Waals surface area contributed by atoms with Gasteiger partial charge in [-0.2, -0.15) is 0 Å². The molecule has 0 spiro atoms. The van der Waals surface area contributed by atoms with E-state index in [4.69, 9.17) is 18.9 Å². The van der Waals surface area contributed by atoms with E-state index >= 15 is 0 Å². The minimum absolute atomic E-state index is 0.0679. The SMILES string of the molecule is COc1ccc(CC2c3c(cc4c(c3O)OCO4)CCN2C)c(CO)c1OC. The van der Waals surface area contributed by atoms with Crippen LogP contribution in [0.5, 0.6) is 28.7 Å². The summed E-state index contributed by atoms with van der Waals surface area (Å²) >= 11 is 0. The lowest BCUT2D eigenvalue weighted by atomic mass is 9.86. The normalized spacial score (nSPS) is 18.1. The third kappa shape index (κ3) is 2.91. The predicted octanol–water partition coefficient (Wildman–Crippen LogP) is 2.40. The molecule has 28 heavy (non-hydrogen) atoms. The van der Waals surface area contributed by atoms with E-state index in [-0.39, 0.29) is 25.2 Å². The Bertz CT molecular complexity index is 897. The van der Waals surface area contributed by atoms with E-state index in [0.717, 1.165) is 29.7 Å². The van der Waals surface area contributed by atoms with Crippen molar-refractivity contribution in [3.63, 3.8) is 0 Å². The van der Waals surface area contributed by atoms with Gasteiger partial charge < -0.3 is 29.2 Å². The summed E-state index contributed by atoms with van der Waals surface area (Å²) in [5, 5.41) is 20.9. The Morgan fingerprint density at radius 1 is 1.21 bits per heavy atom. The quantitative estimate of drug-likeness (QED) is 0.815. The molecule has 1 atom stereocenters.